The Labute approximate surface area is 119 Å². The molecule has 0 radical (unpaired) electrons. The number of carbonyl (C=O) groups excluding carboxylic acids is 1. The molecule has 1 amide bonds. The topological polar surface area (TPSA) is 80.5 Å². The second kappa shape index (κ2) is 5.95. The van der Waals surface area contributed by atoms with Crippen LogP contribution in [0.2, 0.25) is 0 Å². The van der Waals surface area contributed by atoms with Gasteiger partial charge >= 0.3 is 0 Å². The third-order valence-corrected chi connectivity index (χ3v) is 5.01. The van der Waals surface area contributed by atoms with Crippen molar-refractivity contribution < 1.29 is 17.7 Å². The molecule has 112 valence electrons. The molecular formula is C13H20N2O4S. The van der Waals surface area contributed by atoms with E-state index in [1.165, 1.54) is 0 Å². The first-order chi connectivity index (χ1) is 9.39. The Morgan fingerprint density at radius 2 is 1.90 bits per heavy atom. The van der Waals surface area contributed by atoms with E-state index in [1.807, 2.05) is 0 Å². The van der Waals surface area contributed by atoms with Gasteiger partial charge in [-0.1, -0.05) is 5.16 Å². The highest BCUT2D eigenvalue weighted by molar-refractivity contribution is 7.91. The molecule has 1 aromatic rings. The van der Waals surface area contributed by atoms with Crippen LogP contribution in [0.15, 0.2) is 4.52 Å². The third-order valence-electron chi connectivity index (χ3n) is 3.60. The number of likely N-dealkylation sites (tertiary alicyclic amines) is 1. The van der Waals surface area contributed by atoms with Crippen molar-refractivity contribution in [1.82, 2.24) is 10.1 Å². The summed E-state index contributed by atoms with van der Waals surface area (Å²) in [5.74, 6) is -0.418. The summed E-state index contributed by atoms with van der Waals surface area (Å²) in [5, 5.41) is 3.73. The molecule has 1 aliphatic heterocycles. The molecule has 0 saturated carbocycles. The Morgan fingerprint density at radius 1 is 1.25 bits per heavy atom. The molecule has 1 fully saturated rings. The van der Waals surface area contributed by atoms with Crippen LogP contribution in [0, 0.1) is 13.8 Å². The van der Waals surface area contributed by atoms with Crippen molar-refractivity contribution in [3.63, 3.8) is 0 Å². The number of nitrogens with zero attached hydrogens (tertiary/aromatic N) is 2. The molecule has 0 spiro atoms. The Hall–Kier alpha value is -1.37. The number of sulfone groups is 1. The number of hydrogen-bond donors (Lipinski definition) is 0. The molecule has 7 heteroatoms. The van der Waals surface area contributed by atoms with E-state index in [9.17, 15) is 13.2 Å². The lowest BCUT2D eigenvalue weighted by Gasteiger charge is -2.26. The van der Waals surface area contributed by atoms with Crippen molar-refractivity contribution >= 4 is 15.7 Å². The number of piperidine rings is 1. The van der Waals surface area contributed by atoms with Crippen molar-refractivity contribution in [1.29, 1.82) is 0 Å². The van der Waals surface area contributed by atoms with Crippen molar-refractivity contribution in [2.45, 2.75) is 38.9 Å². The van der Waals surface area contributed by atoms with Crippen LogP contribution in [-0.4, -0.2) is 43.2 Å². The molecule has 2 rings (SSSR count). The van der Waals surface area contributed by atoms with Gasteiger partial charge in [-0.3, -0.25) is 4.79 Å². The fourth-order valence-corrected chi connectivity index (χ4v) is 3.91. The van der Waals surface area contributed by atoms with Gasteiger partial charge in [0.2, 0.25) is 5.91 Å². The van der Waals surface area contributed by atoms with Crippen LogP contribution in [0.25, 0.3) is 0 Å². The highest BCUT2D eigenvalue weighted by atomic mass is 32.2. The van der Waals surface area contributed by atoms with E-state index in [-0.39, 0.29) is 11.7 Å². The Bertz CT molecular complexity index is 566. The Morgan fingerprint density at radius 3 is 2.45 bits per heavy atom. The maximum atomic E-state index is 12.1. The average Bonchev–Trinajstić information content (AvgIpc) is 2.70. The highest BCUT2D eigenvalue weighted by Gasteiger charge is 2.25. The van der Waals surface area contributed by atoms with Crippen LogP contribution in [-0.2, 0) is 20.4 Å². The van der Waals surface area contributed by atoms with E-state index in [1.54, 1.807) is 18.7 Å². The standard InChI is InChI=1S/C13H20N2O4S/c1-10-12(11(2)19-14-10)8-20(17,18)9-13(16)15-6-4-3-5-7-15/h3-9H2,1-2H3. The zero-order valence-electron chi connectivity index (χ0n) is 11.9. The normalized spacial score (nSPS) is 16.4. The van der Waals surface area contributed by atoms with Gasteiger partial charge in [-0.2, -0.15) is 0 Å². The van der Waals surface area contributed by atoms with E-state index in [4.69, 9.17) is 4.52 Å². The van der Waals surface area contributed by atoms with Crippen LogP contribution in [0.1, 0.15) is 36.3 Å². The first-order valence-electron chi connectivity index (χ1n) is 6.79. The monoisotopic (exact) mass is 300 g/mol. The minimum absolute atomic E-state index is 0.187. The molecule has 1 aromatic heterocycles. The van der Waals surface area contributed by atoms with Crippen molar-refractivity contribution in [3.8, 4) is 0 Å². The van der Waals surface area contributed by atoms with E-state index in [2.05, 4.69) is 5.16 Å². The summed E-state index contributed by atoms with van der Waals surface area (Å²) < 4.78 is 29.2. The maximum Gasteiger partial charge on any atom is 0.237 e. The molecular weight excluding hydrogens is 280 g/mol. The fourth-order valence-electron chi connectivity index (χ4n) is 2.40. The average molecular weight is 300 g/mol. The number of hydrogen-bond acceptors (Lipinski definition) is 5. The minimum Gasteiger partial charge on any atom is -0.361 e. The van der Waals surface area contributed by atoms with Gasteiger partial charge < -0.3 is 9.42 Å². The maximum absolute atomic E-state index is 12.1. The van der Waals surface area contributed by atoms with Crippen LogP contribution in [0.3, 0.4) is 0 Å². The summed E-state index contributed by atoms with van der Waals surface area (Å²) in [4.78, 5) is 13.7. The van der Waals surface area contributed by atoms with Crippen LogP contribution in [0.5, 0.6) is 0 Å². The van der Waals surface area contributed by atoms with Crippen molar-refractivity contribution in [2.75, 3.05) is 18.8 Å². The molecule has 1 aliphatic rings. The van der Waals surface area contributed by atoms with E-state index >= 15 is 0 Å². The number of carbonyl (C=O) groups is 1. The predicted octanol–water partition coefficient (Wildman–Crippen LogP) is 1.22. The summed E-state index contributed by atoms with van der Waals surface area (Å²) in [6.45, 7) is 4.71. The van der Waals surface area contributed by atoms with Gasteiger partial charge in [-0.05, 0) is 33.1 Å². The summed E-state index contributed by atoms with van der Waals surface area (Å²) >= 11 is 0. The zero-order chi connectivity index (χ0) is 14.8. The van der Waals surface area contributed by atoms with Gasteiger partial charge in [0.05, 0.1) is 11.4 Å². The molecule has 20 heavy (non-hydrogen) atoms. The molecule has 6 nitrogen and oxygen atoms in total. The van der Waals surface area contributed by atoms with Gasteiger partial charge in [-0.25, -0.2) is 8.42 Å². The van der Waals surface area contributed by atoms with Gasteiger partial charge in [0.15, 0.2) is 9.84 Å². The number of amides is 1. The molecule has 1 saturated heterocycles. The molecule has 2 heterocycles. The SMILES string of the molecule is Cc1noc(C)c1CS(=O)(=O)CC(=O)N1CCCCC1. The number of aryl methyl sites for hydroxylation is 2. The Kier molecular flexibility index (Phi) is 4.47. The number of aromatic nitrogens is 1. The van der Waals surface area contributed by atoms with Crippen LogP contribution >= 0.6 is 0 Å². The highest BCUT2D eigenvalue weighted by Crippen LogP contribution is 2.17. The lowest BCUT2D eigenvalue weighted by atomic mass is 10.1. The van der Waals surface area contributed by atoms with Gasteiger partial charge in [-0.15, -0.1) is 0 Å². The first-order valence-corrected chi connectivity index (χ1v) is 8.61. The summed E-state index contributed by atoms with van der Waals surface area (Å²) in [6, 6.07) is 0. The quantitative estimate of drug-likeness (QED) is 0.835. The molecule has 0 aromatic carbocycles. The number of rotatable bonds is 4. The van der Waals surface area contributed by atoms with Crippen LogP contribution < -0.4 is 0 Å². The Balaban J connectivity index is 2.02. The van der Waals surface area contributed by atoms with E-state index in [0.717, 1.165) is 19.3 Å². The largest absolute Gasteiger partial charge is 0.361 e. The van der Waals surface area contributed by atoms with Crippen molar-refractivity contribution in [2.24, 2.45) is 0 Å². The fraction of sp³-hybridized carbons (Fsp3) is 0.692. The smallest absolute Gasteiger partial charge is 0.237 e. The minimum atomic E-state index is -3.49. The molecule has 0 bridgehead atoms. The third kappa shape index (κ3) is 3.59. The zero-order valence-corrected chi connectivity index (χ0v) is 12.7. The molecule has 0 N–H and O–H groups in total. The first kappa shape index (κ1) is 15.0. The lowest BCUT2D eigenvalue weighted by molar-refractivity contribution is -0.129. The second-order valence-electron chi connectivity index (χ2n) is 5.28. The molecule has 0 unspecified atom stereocenters. The predicted molar refractivity (Wildman–Crippen MR) is 73.9 cm³/mol. The van der Waals surface area contributed by atoms with Gasteiger partial charge in [0.1, 0.15) is 11.5 Å². The molecule has 0 aliphatic carbocycles. The second-order valence-corrected chi connectivity index (χ2v) is 7.34. The van der Waals surface area contributed by atoms with Gasteiger partial charge in [0.25, 0.3) is 0 Å². The van der Waals surface area contributed by atoms with E-state index < -0.39 is 15.6 Å². The summed E-state index contributed by atoms with van der Waals surface area (Å²) in [5.41, 5.74) is 1.13. The summed E-state index contributed by atoms with van der Waals surface area (Å²) in [6.07, 6.45) is 3.01. The van der Waals surface area contributed by atoms with Crippen LogP contribution in [0.4, 0.5) is 0 Å². The van der Waals surface area contributed by atoms with Gasteiger partial charge in [0, 0.05) is 18.7 Å². The molecule has 0 atom stereocenters. The van der Waals surface area contributed by atoms with E-state index in [0.29, 0.717) is 30.1 Å². The lowest BCUT2D eigenvalue weighted by Crippen LogP contribution is -2.39. The summed E-state index contributed by atoms with van der Waals surface area (Å²) in [7, 11) is -3.49. The van der Waals surface area contributed by atoms with Crippen molar-refractivity contribution in [3.05, 3.63) is 17.0 Å².